The molecule has 110 valence electrons. The highest BCUT2D eigenvalue weighted by atomic mass is 16.5. The standard InChI is InChI=1S/C13H20N4O3/c14-10-2-3-11(13(18)19)16-12(10)15-4-1-5-17-6-8-20-9-7-17/h2-3H,1,4-9,14H2,(H,15,16)(H,18,19). The molecule has 0 amide bonds. The van der Waals surface area contributed by atoms with Crippen molar-refractivity contribution in [2.75, 3.05) is 50.4 Å². The van der Waals surface area contributed by atoms with E-state index in [2.05, 4.69) is 15.2 Å². The number of aromatic carboxylic acids is 1. The van der Waals surface area contributed by atoms with E-state index in [9.17, 15) is 4.79 Å². The molecule has 2 heterocycles. The molecule has 20 heavy (non-hydrogen) atoms. The Balaban J connectivity index is 1.78. The van der Waals surface area contributed by atoms with Crippen LogP contribution >= 0.6 is 0 Å². The van der Waals surface area contributed by atoms with Gasteiger partial charge < -0.3 is 20.9 Å². The summed E-state index contributed by atoms with van der Waals surface area (Å²) in [5, 5.41) is 12.0. The summed E-state index contributed by atoms with van der Waals surface area (Å²) in [5.41, 5.74) is 6.22. The number of aromatic nitrogens is 1. The molecule has 7 heteroatoms. The molecule has 1 saturated heterocycles. The molecule has 0 aliphatic carbocycles. The smallest absolute Gasteiger partial charge is 0.354 e. The molecule has 0 atom stereocenters. The summed E-state index contributed by atoms with van der Waals surface area (Å²) in [6, 6.07) is 2.96. The van der Waals surface area contributed by atoms with E-state index in [1.54, 1.807) is 6.07 Å². The zero-order valence-electron chi connectivity index (χ0n) is 11.3. The Labute approximate surface area is 117 Å². The number of anilines is 2. The third-order valence-electron chi connectivity index (χ3n) is 3.19. The summed E-state index contributed by atoms with van der Waals surface area (Å²) in [6.07, 6.45) is 0.943. The van der Waals surface area contributed by atoms with Crippen LogP contribution in [0.3, 0.4) is 0 Å². The van der Waals surface area contributed by atoms with Crippen LogP contribution in [0.4, 0.5) is 11.5 Å². The van der Waals surface area contributed by atoms with E-state index in [0.717, 1.165) is 39.3 Å². The quantitative estimate of drug-likeness (QED) is 0.652. The molecule has 1 aromatic heterocycles. The van der Waals surface area contributed by atoms with E-state index in [1.165, 1.54) is 6.07 Å². The lowest BCUT2D eigenvalue weighted by molar-refractivity contribution is 0.0378. The zero-order chi connectivity index (χ0) is 14.4. The second kappa shape index (κ2) is 7.06. The fraction of sp³-hybridized carbons (Fsp3) is 0.538. The average molecular weight is 280 g/mol. The van der Waals surface area contributed by atoms with Crippen LogP contribution in [0.25, 0.3) is 0 Å². The fourth-order valence-corrected chi connectivity index (χ4v) is 2.06. The Bertz CT molecular complexity index is 461. The van der Waals surface area contributed by atoms with Gasteiger partial charge >= 0.3 is 5.97 Å². The summed E-state index contributed by atoms with van der Waals surface area (Å²) in [7, 11) is 0. The second-order valence-electron chi connectivity index (χ2n) is 4.67. The van der Waals surface area contributed by atoms with Gasteiger partial charge in [-0.3, -0.25) is 4.90 Å². The Morgan fingerprint density at radius 2 is 2.20 bits per heavy atom. The Hall–Kier alpha value is -1.86. The molecule has 0 saturated carbocycles. The highest BCUT2D eigenvalue weighted by Gasteiger charge is 2.10. The maximum atomic E-state index is 10.9. The number of carboxylic acids is 1. The van der Waals surface area contributed by atoms with Gasteiger partial charge in [0.15, 0.2) is 5.69 Å². The fourth-order valence-electron chi connectivity index (χ4n) is 2.06. The van der Waals surface area contributed by atoms with Crippen molar-refractivity contribution >= 4 is 17.5 Å². The minimum atomic E-state index is -1.05. The van der Waals surface area contributed by atoms with Crippen LogP contribution in [0, 0.1) is 0 Å². The number of nitrogen functional groups attached to an aromatic ring is 1. The summed E-state index contributed by atoms with van der Waals surface area (Å²) in [5.74, 6) is -0.617. The third-order valence-corrected chi connectivity index (χ3v) is 3.19. The number of carbonyl (C=O) groups is 1. The number of carboxylic acid groups (broad SMARTS) is 1. The van der Waals surface area contributed by atoms with Gasteiger partial charge in [0.05, 0.1) is 18.9 Å². The number of morpholine rings is 1. The first-order chi connectivity index (χ1) is 9.66. The molecule has 0 bridgehead atoms. The number of nitrogens with one attached hydrogen (secondary N) is 1. The minimum Gasteiger partial charge on any atom is -0.477 e. The van der Waals surface area contributed by atoms with Crippen LogP contribution in [0.2, 0.25) is 0 Å². The number of hydrogen-bond donors (Lipinski definition) is 3. The summed E-state index contributed by atoms with van der Waals surface area (Å²) < 4.78 is 5.29. The molecule has 2 rings (SSSR count). The summed E-state index contributed by atoms with van der Waals surface area (Å²) >= 11 is 0. The van der Waals surface area contributed by atoms with Crippen LogP contribution < -0.4 is 11.1 Å². The van der Waals surface area contributed by atoms with Gasteiger partial charge in [-0.05, 0) is 25.1 Å². The van der Waals surface area contributed by atoms with Crippen molar-refractivity contribution in [2.45, 2.75) is 6.42 Å². The number of ether oxygens (including phenoxy) is 1. The van der Waals surface area contributed by atoms with Crippen LogP contribution in [-0.4, -0.2) is 60.4 Å². The van der Waals surface area contributed by atoms with Crippen molar-refractivity contribution in [3.8, 4) is 0 Å². The number of nitrogens with two attached hydrogens (primary N) is 1. The van der Waals surface area contributed by atoms with E-state index >= 15 is 0 Å². The van der Waals surface area contributed by atoms with Crippen LogP contribution in [0.1, 0.15) is 16.9 Å². The van der Waals surface area contributed by atoms with Crippen molar-refractivity contribution < 1.29 is 14.6 Å². The predicted molar refractivity (Wildman–Crippen MR) is 76.0 cm³/mol. The van der Waals surface area contributed by atoms with Gasteiger partial charge in [0, 0.05) is 19.6 Å². The molecule has 1 aliphatic heterocycles. The van der Waals surface area contributed by atoms with Gasteiger partial charge in [0.1, 0.15) is 5.82 Å². The molecule has 0 radical (unpaired) electrons. The van der Waals surface area contributed by atoms with Gasteiger partial charge in [-0.2, -0.15) is 0 Å². The van der Waals surface area contributed by atoms with Gasteiger partial charge in [-0.25, -0.2) is 9.78 Å². The lowest BCUT2D eigenvalue weighted by atomic mass is 10.3. The molecule has 1 fully saturated rings. The number of hydrogen-bond acceptors (Lipinski definition) is 6. The molecular weight excluding hydrogens is 260 g/mol. The predicted octanol–water partition coefficient (Wildman–Crippen LogP) is 0.496. The Morgan fingerprint density at radius 1 is 1.45 bits per heavy atom. The van der Waals surface area contributed by atoms with E-state index in [1.807, 2.05) is 0 Å². The molecule has 1 aliphatic rings. The maximum Gasteiger partial charge on any atom is 0.354 e. The maximum absolute atomic E-state index is 10.9. The first-order valence-electron chi connectivity index (χ1n) is 6.70. The van der Waals surface area contributed by atoms with Crippen molar-refractivity contribution in [3.63, 3.8) is 0 Å². The molecule has 7 nitrogen and oxygen atoms in total. The molecule has 0 aromatic carbocycles. The van der Waals surface area contributed by atoms with Gasteiger partial charge in [0.2, 0.25) is 0 Å². The Morgan fingerprint density at radius 3 is 2.90 bits per heavy atom. The van der Waals surface area contributed by atoms with Crippen molar-refractivity contribution in [2.24, 2.45) is 0 Å². The van der Waals surface area contributed by atoms with Crippen LogP contribution in [0.15, 0.2) is 12.1 Å². The highest BCUT2D eigenvalue weighted by Crippen LogP contribution is 2.15. The van der Waals surface area contributed by atoms with Gasteiger partial charge in [-0.1, -0.05) is 0 Å². The summed E-state index contributed by atoms with van der Waals surface area (Å²) in [6.45, 7) is 5.21. The van der Waals surface area contributed by atoms with Crippen molar-refractivity contribution in [1.29, 1.82) is 0 Å². The Kier molecular flexibility index (Phi) is 5.14. The van der Waals surface area contributed by atoms with E-state index in [-0.39, 0.29) is 5.69 Å². The third kappa shape index (κ3) is 4.07. The SMILES string of the molecule is Nc1ccc(C(=O)O)nc1NCCCN1CCOCC1. The minimum absolute atomic E-state index is 0.00474. The largest absolute Gasteiger partial charge is 0.477 e. The highest BCUT2D eigenvalue weighted by molar-refractivity contribution is 5.86. The molecular formula is C13H20N4O3. The number of rotatable bonds is 6. The number of nitrogens with zero attached hydrogens (tertiary/aromatic N) is 2. The number of pyridine rings is 1. The second-order valence-corrected chi connectivity index (χ2v) is 4.67. The van der Waals surface area contributed by atoms with Gasteiger partial charge in [-0.15, -0.1) is 0 Å². The van der Waals surface area contributed by atoms with Crippen molar-refractivity contribution in [1.82, 2.24) is 9.88 Å². The lowest BCUT2D eigenvalue weighted by Gasteiger charge is -2.26. The van der Waals surface area contributed by atoms with Crippen molar-refractivity contribution in [3.05, 3.63) is 17.8 Å². The molecule has 0 unspecified atom stereocenters. The normalized spacial score (nSPS) is 16.0. The monoisotopic (exact) mass is 280 g/mol. The first-order valence-corrected chi connectivity index (χ1v) is 6.70. The average Bonchev–Trinajstić information content (AvgIpc) is 2.46. The van der Waals surface area contributed by atoms with Crippen LogP contribution in [-0.2, 0) is 4.74 Å². The summed E-state index contributed by atoms with van der Waals surface area (Å²) in [4.78, 5) is 17.2. The van der Waals surface area contributed by atoms with E-state index in [0.29, 0.717) is 18.1 Å². The lowest BCUT2D eigenvalue weighted by Crippen LogP contribution is -2.37. The van der Waals surface area contributed by atoms with Gasteiger partial charge in [0.25, 0.3) is 0 Å². The molecule has 1 aromatic rings. The van der Waals surface area contributed by atoms with E-state index in [4.69, 9.17) is 15.6 Å². The first kappa shape index (κ1) is 14.5. The molecule has 0 spiro atoms. The zero-order valence-corrected chi connectivity index (χ0v) is 11.3. The van der Waals surface area contributed by atoms with E-state index < -0.39 is 5.97 Å². The topological polar surface area (TPSA) is 101 Å². The van der Waals surface area contributed by atoms with Crippen LogP contribution in [0.5, 0.6) is 0 Å². The molecule has 4 N–H and O–H groups in total.